The minimum Gasteiger partial charge on any atom is -0.490 e. The topological polar surface area (TPSA) is 85.9 Å². The van der Waals surface area contributed by atoms with Crippen molar-refractivity contribution in [2.75, 3.05) is 6.61 Å². The molecule has 0 radical (unpaired) electrons. The molecule has 126 valence electrons. The van der Waals surface area contributed by atoms with E-state index < -0.39 is 6.03 Å². The largest absolute Gasteiger partial charge is 0.490 e. The van der Waals surface area contributed by atoms with Crippen molar-refractivity contribution in [2.24, 2.45) is 10.8 Å². The number of hydrogen-bond donors (Lipinski definition) is 2. The molecule has 3 N–H and O–H groups in total. The number of nitrogens with zero attached hydrogens (tertiary/aromatic N) is 1. The Labute approximate surface area is 139 Å². The zero-order chi connectivity index (χ0) is 17.4. The Morgan fingerprint density at radius 3 is 2.75 bits per heavy atom. The van der Waals surface area contributed by atoms with Crippen molar-refractivity contribution in [1.82, 2.24) is 5.43 Å². The highest BCUT2D eigenvalue weighted by atomic mass is 19.1. The van der Waals surface area contributed by atoms with Crippen LogP contribution in [0.2, 0.25) is 0 Å². The molecular formula is C17H18FN3O3. The highest BCUT2D eigenvalue weighted by Crippen LogP contribution is 2.29. The summed E-state index contributed by atoms with van der Waals surface area (Å²) in [5, 5.41) is 3.68. The first kappa shape index (κ1) is 17.3. The minimum atomic E-state index is -0.749. The standard InChI is InChI=1S/C17H18FN3O3/c1-2-23-16-9-12(10-20-21-17(19)22)7-8-15(16)24-11-13-5-3-4-6-14(13)18/h3-10H,2,11H2,1H3,(H3,19,21,22). The van der Waals surface area contributed by atoms with E-state index in [1.807, 2.05) is 6.92 Å². The molecule has 0 heterocycles. The second-order valence-electron chi connectivity index (χ2n) is 4.75. The first-order chi connectivity index (χ1) is 11.6. The lowest BCUT2D eigenvalue weighted by Crippen LogP contribution is -2.24. The lowest BCUT2D eigenvalue weighted by Gasteiger charge is -2.13. The van der Waals surface area contributed by atoms with Gasteiger partial charge < -0.3 is 15.2 Å². The Bertz CT molecular complexity index is 735. The third-order valence-corrected chi connectivity index (χ3v) is 3.00. The highest BCUT2D eigenvalue weighted by molar-refractivity contribution is 5.82. The third-order valence-electron chi connectivity index (χ3n) is 3.00. The summed E-state index contributed by atoms with van der Waals surface area (Å²) in [5.74, 6) is 0.661. The first-order valence-corrected chi connectivity index (χ1v) is 7.31. The van der Waals surface area contributed by atoms with Crippen LogP contribution >= 0.6 is 0 Å². The highest BCUT2D eigenvalue weighted by Gasteiger charge is 2.08. The van der Waals surface area contributed by atoms with E-state index in [9.17, 15) is 9.18 Å². The number of hydrogen-bond acceptors (Lipinski definition) is 4. The Morgan fingerprint density at radius 2 is 2.04 bits per heavy atom. The fraction of sp³-hybridized carbons (Fsp3) is 0.176. The lowest BCUT2D eigenvalue weighted by atomic mass is 10.2. The summed E-state index contributed by atoms with van der Waals surface area (Å²) in [7, 11) is 0. The monoisotopic (exact) mass is 331 g/mol. The number of nitrogens with one attached hydrogen (secondary N) is 1. The van der Waals surface area contributed by atoms with Crippen LogP contribution < -0.4 is 20.6 Å². The van der Waals surface area contributed by atoms with E-state index in [4.69, 9.17) is 15.2 Å². The molecule has 6 nitrogen and oxygen atoms in total. The lowest BCUT2D eigenvalue weighted by molar-refractivity contribution is 0.249. The molecule has 0 bridgehead atoms. The van der Waals surface area contributed by atoms with E-state index in [1.54, 1.807) is 36.4 Å². The van der Waals surface area contributed by atoms with Crippen molar-refractivity contribution in [1.29, 1.82) is 0 Å². The molecule has 0 spiro atoms. The number of halogens is 1. The number of rotatable bonds is 7. The Hall–Kier alpha value is -3.09. The maximum atomic E-state index is 13.6. The SMILES string of the molecule is CCOc1cc(C=NNC(N)=O)ccc1OCc1ccccc1F. The molecule has 0 aromatic heterocycles. The molecule has 0 saturated heterocycles. The number of carbonyl (C=O) groups is 1. The van der Waals surface area contributed by atoms with Crippen molar-refractivity contribution in [2.45, 2.75) is 13.5 Å². The number of amides is 2. The molecule has 0 aliphatic heterocycles. The Balaban J connectivity index is 2.12. The molecule has 2 rings (SSSR count). The molecule has 24 heavy (non-hydrogen) atoms. The molecule has 2 aromatic rings. The molecule has 0 unspecified atom stereocenters. The van der Waals surface area contributed by atoms with Crippen LogP contribution in [0.25, 0.3) is 0 Å². The quantitative estimate of drug-likeness (QED) is 0.604. The fourth-order valence-corrected chi connectivity index (χ4v) is 1.93. The summed E-state index contributed by atoms with van der Waals surface area (Å²) in [4.78, 5) is 10.6. The molecule has 7 heteroatoms. The van der Waals surface area contributed by atoms with Crippen LogP contribution in [0.3, 0.4) is 0 Å². The Kier molecular flexibility index (Phi) is 6.13. The van der Waals surface area contributed by atoms with Crippen LogP contribution in [0.15, 0.2) is 47.6 Å². The summed E-state index contributed by atoms with van der Waals surface area (Å²) in [6.07, 6.45) is 1.42. The van der Waals surface area contributed by atoms with Crippen molar-refractivity contribution < 1.29 is 18.7 Å². The van der Waals surface area contributed by atoms with Gasteiger partial charge in [-0.25, -0.2) is 14.6 Å². The van der Waals surface area contributed by atoms with Crippen molar-refractivity contribution in [3.63, 3.8) is 0 Å². The van der Waals surface area contributed by atoms with Crippen LogP contribution in [-0.2, 0) is 6.61 Å². The molecule has 2 aromatic carbocycles. The average Bonchev–Trinajstić information content (AvgIpc) is 2.55. The smallest absolute Gasteiger partial charge is 0.332 e. The summed E-state index contributed by atoms with van der Waals surface area (Å²) >= 11 is 0. The number of nitrogens with two attached hydrogens (primary N) is 1. The van der Waals surface area contributed by atoms with Crippen LogP contribution in [0.5, 0.6) is 11.5 Å². The molecule has 0 fully saturated rings. The van der Waals surface area contributed by atoms with E-state index in [1.165, 1.54) is 12.3 Å². The number of carbonyl (C=O) groups excluding carboxylic acids is 1. The predicted molar refractivity (Wildman–Crippen MR) is 88.7 cm³/mol. The maximum absolute atomic E-state index is 13.6. The maximum Gasteiger partial charge on any atom is 0.332 e. The second kappa shape index (κ2) is 8.52. The first-order valence-electron chi connectivity index (χ1n) is 7.31. The minimum absolute atomic E-state index is 0.0867. The zero-order valence-electron chi connectivity index (χ0n) is 13.2. The summed E-state index contributed by atoms with van der Waals surface area (Å²) < 4.78 is 24.8. The van der Waals surface area contributed by atoms with Crippen LogP contribution in [0, 0.1) is 5.82 Å². The van der Waals surface area contributed by atoms with E-state index in [0.717, 1.165) is 0 Å². The van der Waals surface area contributed by atoms with Gasteiger partial charge in [0.15, 0.2) is 11.5 Å². The van der Waals surface area contributed by atoms with E-state index in [-0.39, 0.29) is 12.4 Å². The van der Waals surface area contributed by atoms with Crippen molar-refractivity contribution >= 4 is 12.2 Å². The van der Waals surface area contributed by atoms with Gasteiger partial charge in [0.05, 0.1) is 12.8 Å². The van der Waals surface area contributed by atoms with Gasteiger partial charge in [0.2, 0.25) is 0 Å². The fourth-order valence-electron chi connectivity index (χ4n) is 1.93. The zero-order valence-corrected chi connectivity index (χ0v) is 13.2. The normalized spacial score (nSPS) is 10.6. The van der Waals surface area contributed by atoms with E-state index >= 15 is 0 Å². The van der Waals surface area contributed by atoms with Gasteiger partial charge in [0.1, 0.15) is 12.4 Å². The van der Waals surface area contributed by atoms with Crippen molar-refractivity contribution in [3.05, 3.63) is 59.4 Å². The molecule has 0 aliphatic carbocycles. The summed E-state index contributed by atoms with van der Waals surface area (Å²) in [6, 6.07) is 10.8. The molecule has 2 amide bonds. The van der Waals surface area contributed by atoms with Gasteiger partial charge >= 0.3 is 6.03 Å². The second-order valence-corrected chi connectivity index (χ2v) is 4.75. The molecule has 0 atom stereocenters. The number of ether oxygens (including phenoxy) is 2. The molecule has 0 saturated carbocycles. The summed E-state index contributed by atoms with van der Waals surface area (Å²) in [5.41, 5.74) is 8.17. The van der Waals surface area contributed by atoms with Crippen molar-refractivity contribution in [3.8, 4) is 11.5 Å². The molecular weight excluding hydrogens is 313 g/mol. The van der Waals surface area contributed by atoms with E-state index in [0.29, 0.717) is 29.2 Å². The molecule has 0 aliphatic rings. The van der Waals surface area contributed by atoms with E-state index in [2.05, 4.69) is 10.5 Å². The predicted octanol–water partition coefficient (Wildman–Crippen LogP) is 2.81. The van der Waals surface area contributed by atoms with Gasteiger partial charge in [0, 0.05) is 5.56 Å². The van der Waals surface area contributed by atoms with Gasteiger partial charge in [-0.2, -0.15) is 5.10 Å². The third kappa shape index (κ3) is 4.98. The van der Waals surface area contributed by atoms with Crippen LogP contribution in [0.1, 0.15) is 18.1 Å². The van der Waals surface area contributed by atoms with Gasteiger partial charge in [-0.1, -0.05) is 18.2 Å². The van der Waals surface area contributed by atoms with Gasteiger partial charge in [-0.15, -0.1) is 0 Å². The number of benzene rings is 2. The van der Waals surface area contributed by atoms with Gasteiger partial charge in [0.25, 0.3) is 0 Å². The van der Waals surface area contributed by atoms with Crippen LogP contribution in [0.4, 0.5) is 9.18 Å². The van der Waals surface area contributed by atoms with Crippen LogP contribution in [-0.4, -0.2) is 18.9 Å². The van der Waals surface area contributed by atoms with Gasteiger partial charge in [-0.3, -0.25) is 0 Å². The number of hydrazone groups is 1. The summed E-state index contributed by atoms with van der Waals surface area (Å²) in [6.45, 7) is 2.37. The number of primary amides is 1. The number of urea groups is 1. The van der Waals surface area contributed by atoms with Gasteiger partial charge in [-0.05, 0) is 36.8 Å². The average molecular weight is 331 g/mol. The Morgan fingerprint density at radius 1 is 1.25 bits per heavy atom.